The number of carbonyl (C=O) groups is 2. The quantitative estimate of drug-likeness (QED) is 0.344. The number of amides is 2. The summed E-state index contributed by atoms with van der Waals surface area (Å²) in [6, 6.07) is 15.3. The fourth-order valence-corrected chi connectivity index (χ4v) is 4.55. The van der Waals surface area contributed by atoms with Gasteiger partial charge in [0.15, 0.2) is 0 Å². The summed E-state index contributed by atoms with van der Waals surface area (Å²) >= 11 is 0. The van der Waals surface area contributed by atoms with Crippen molar-refractivity contribution >= 4 is 46.9 Å². The maximum atomic E-state index is 11.8. The molecule has 9 heteroatoms. The number of nitrogens with one attached hydrogen (secondary N) is 2. The maximum absolute atomic E-state index is 11.8. The normalized spacial score (nSPS) is 19.5. The molecule has 0 spiro atoms. The van der Waals surface area contributed by atoms with Crippen molar-refractivity contribution in [1.82, 2.24) is 4.90 Å². The van der Waals surface area contributed by atoms with Crippen molar-refractivity contribution in [3.8, 4) is 0 Å². The zero-order chi connectivity index (χ0) is 27.8. The first kappa shape index (κ1) is 27.3. The van der Waals surface area contributed by atoms with Gasteiger partial charge >= 0.3 is 0 Å². The van der Waals surface area contributed by atoms with Gasteiger partial charge in [-0.05, 0) is 61.8 Å². The lowest BCUT2D eigenvalue weighted by molar-refractivity contribution is -0.122. The molecule has 1 aliphatic carbocycles. The predicted molar refractivity (Wildman–Crippen MR) is 160 cm³/mol. The number of hydrogen-bond donors (Lipinski definition) is 3. The molecule has 0 aromatic heterocycles. The Kier molecular flexibility index (Phi) is 8.86. The largest absolute Gasteiger partial charge is 0.368 e. The number of carbonyl (C=O) groups excluding carboxylic acids is 2. The highest BCUT2D eigenvalue weighted by molar-refractivity contribution is 6.34. The van der Waals surface area contributed by atoms with Gasteiger partial charge in [-0.25, -0.2) is 0 Å². The number of nitrogens with zero attached hydrogens (tertiary/aromatic N) is 4. The predicted octanol–water partition coefficient (Wildman–Crippen LogP) is 3.47. The third-order valence-electron chi connectivity index (χ3n) is 6.65. The highest BCUT2D eigenvalue weighted by atomic mass is 16.2. The molecule has 2 aliphatic rings. The Hall–Kier alpha value is -4.76. The summed E-state index contributed by atoms with van der Waals surface area (Å²) < 4.78 is 0. The summed E-state index contributed by atoms with van der Waals surface area (Å²) in [5.74, 6) is -0.579. The Morgan fingerprint density at radius 3 is 2.67 bits per heavy atom. The topological polar surface area (TPSA) is 115 Å². The average molecular weight is 524 g/mol. The number of aliphatic imine (C=N–C) groups is 2. The molecule has 2 aromatic carbocycles. The van der Waals surface area contributed by atoms with E-state index in [0.717, 1.165) is 46.9 Å². The van der Waals surface area contributed by atoms with Gasteiger partial charge in [0.1, 0.15) is 12.7 Å². The van der Waals surface area contributed by atoms with E-state index in [-0.39, 0.29) is 17.9 Å². The van der Waals surface area contributed by atoms with E-state index in [2.05, 4.69) is 33.8 Å². The number of piperazine rings is 1. The van der Waals surface area contributed by atoms with Crippen LogP contribution in [0.5, 0.6) is 0 Å². The standard InChI is InChI=1S/C30H33N7O2/c1-4-28(38)35-24-9-5-7-21(17-24)26-10-6-8-22(18-32-2)29(26)34-20-33-23-11-13-25(14-12-23)37-16-15-36(3)27(19-37)30(31)39/h4-14,17-18,27,33H,1-2,15-16,19-20H2,3H3,(H2,31,39)(H,35,38)/b22-18-,34-29+. The lowest BCUT2D eigenvalue weighted by atomic mass is 9.92. The van der Waals surface area contributed by atoms with E-state index >= 15 is 0 Å². The summed E-state index contributed by atoms with van der Waals surface area (Å²) in [6.45, 7) is 9.61. The van der Waals surface area contributed by atoms with Gasteiger partial charge in [-0.15, -0.1) is 0 Å². The van der Waals surface area contributed by atoms with E-state index in [1.165, 1.54) is 6.08 Å². The van der Waals surface area contributed by atoms with Gasteiger partial charge in [-0.2, -0.15) is 0 Å². The molecule has 2 aromatic rings. The SMILES string of the molecule is C=CC(=O)Nc1cccc(C2=CC=CC(=C/N=C)/C2=N\CNc2ccc(N3CCN(C)C(C(N)=O)C3)cc2)c1. The van der Waals surface area contributed by atoms with E-state index < -0.39 is 0 Å². The van der Waals surface area contributed by atoms with Crippen molar-refractivity contribution in [3.63, 3.8) is 0 Å². The van der Waals surface area contributed by atoms with Crippen LogP contribution in [0.15, 0.2) is 101 Å². The molecule has 0 radical (unpaired) electrons. The molecular formula is C30H33N7O2. The van der Waals surface area contributed by atoms with Crippen molar-refractivity contribution in [3.05, 3.63) is 96.8 Å². The lowest BCUT2D eigenvalue weighted by Gasteiger charge is -2.39. The molecule has 2 amide bonds. The van der Waals surface area contributed by atoms with Crippen LogP contribution in [0.2, 0.25) is 0 Å². The molecule has 1 fully saturated rings. The molecule has 0 bridgehead atoms. The summed E-state index contributed by atoms with van der Waals surface area (Å²) in [5.41, 5.74) is 11.6. The fraction of sp³-hybridized carbons (Fsp3) is 0.200. The van der Waals surface area contributed by atoms with E-state index in [1.54, 1.807) is 6.20 Å². The Balaban J connectivity index is 1.48. The fourth-order valence-electron chi connectivity index (χ4n) is 4.55. The second kappa shape index (κ2) is 12.7. The van der Waals surface area contributed by atoms with E-state index in [0.29, 0.717) is 18.9 Å². The first-order chi connectivity index (χ1) is 18.9. The third kappa shape index (κ3) is 6.77. The van der Waals surface area contributed by atoms with Crippen LogP contribution in [0.3, 0.4) is 0 Å². The number of rotatable bonds is 9. The van der Waals surface area contributed by atoms with Crippen LogP contribution in [0, 0.1) is 0 Å². The Labute approximate surface area is 228 Å². The van der Waals surface area contributed by atoms with Gasteiger partial charge in [-0.3, -0.25) is 24.5 Å². The number of benzene rings is 2. The summed E-state index contributed by atoms with van der Waals surface area (Å²) in [4.78, 5) is 36.5. The van der Waals surface area contributed by atoms with Crippen LogP contribution in [-0.2, 0) is 9.59 Å². The Morgan fingerprint density at radius 2 is 1.95 bits per heavy atom. The van der Waals surface area contributed by atoms with Crippen LogP contribution < -0.4 is 21.3 Å². The second-order valence-electron chi connectivity index (χ2n) is 9.21. The minimum Gasteiger partial charge on any atom is -0.368 e. The summed E-state index contributed by atoms with van der Waals surface area (Å²) in [5, 5.41) is 6.15. The van der Waals surface area contributed by atoms with Crippen molar-refractivity contribution in [1.29, 1.82) is 0 Å². The highest BCUT2D eigenvalue weighted by Gasteiger charge is 2.28. The van der Waals surface area contributed by atoms with E-state index in [1.807, 2.05) is 78.7 Å². The first-order valence-corrected chi connectivity index (χ1v) is 12.6. The van der Waals surface area contributed by atoms with Gasteiger partial charge in [0.25, 0.3) is 0 Å². The van der Waals surface area contributed by atoms with Crippen molar-refractivity contribution in [2.24, 2.45) is 15.7 Å². The molecular weight excluding hydrogens is 490 g/mol. The number of likely N-dealkylation sites (N-methyl/N-ethyl adjacent to an activating group) is 1. The summed E-state index contributed by atoms with van der Waals surface area (Å²) in [6.07, 6.45) is 8.77. The van der Waals surface area contributed by atoms with Crippen LogP contribution >= 0.6 is 0 Å². The van der Waals surface area contributed by atoms with Gasteiger partial charge in [0.05, 0.1) is 5.71 Å². The van der Waals surface area contributed by atoms with E-state index in [9.17, 15) is 9.59 Å². The van der Waals surface area contributed by atoms with Crippen LogP contribution in [-0.4, -0.2) is 68.5 Å². The first-order valence-electron chi connectivity index (χ1n) is 12.6. The molecule has 4 N–H and O–H groups in total. The van der Waals surface area contributed by atoms with Gasteiger partial charge < -0.3 is 21.3 Å². The van der Waals surface area contributed by atoms with Crippen LogP contribution in [0.25, 0.3) is 5.57 Å². The zero-order valence-corrected chi connectivity index (χ0v) is 22.0. The monoisotopic (exact) mass is 523 g/mol. The Bertz CT molecular complexity index is 1370. The van der Waals surface area contributed by atoms with E-state index in [4.69, 9.17) is 10.7 Å². The molecule has 0 saturated carbocycles. The zero-order valence-electron chi connectivity index (χ0n) is 22.0. The molecule has 9 nitrogen and oxygen atoms in total. The van der Waals surface area contributed by atoms with Crippen LogP contribution in [0.4, 0.5) is 17.1 Å². The van der Waals surface area contributed by atoms with Gasteiger partial charge in [0, 0.05) is 54.0 Å². The molecule has 1 saturated heterocycles. The average Bonchev–Trinajstić information content (AvgIpc) is 2.94. The number of allylic oxidation sites excluding steroid dienone is 5. The second-order valence-corrected chi connectivity index (χ2v) is 9.21. The minimum absolute atomic E-state index is 0.273. The molecule has 200 valence electrons. The number of hydrogen-bond acceptors (Lipinski definition) is 7. The van der Waals surface area contributed by atoms with Crippen molar-refractivity contribution in [2.45, 2.75) is 6.04 Å². The summed E-state index contributed by atoms with van der Waals surface area (Å²) in [7, 11) is 1.92. The number of nitrogens with two attached hydrogens (primary N) is 1. The maximum Gasteiger partial charge on any atom is 0.247 e. The molecule has 1 unspecified atom stereocenters. The number of primary amides is 1. The molecule has 4 rings (SSSR count). The van der Waals surface area contributed by atoms with Crippen LogP contribution in [0.1, 0.15) is 5.56 Å². The number of anilines is 3. The van der Waals surface area contributed by atoms with Gasteiger partial charge in [-0.1, -0.05) is 36.9 Å². The Morgan fingerprint density at radius 1 is 1.15 bits per heavy atom. The molecule has 39 heavy (non-hydrogen) atoms. The van der Waals surface area contributed by atoms with Crippen molar-refractivity contribution < 1.29 is 9.59 Å². The highest BCUT2D eigenvalue weighted by Crippen LogP contribution is 2.27. The molecule has 1 heterocycles. The smallest absolute Gasteiger partial charge is 0.247 e. The molecule has 1 atom stereocenters. The van der Waals surface area contributed by atoms with Gasteiger partial charge in [0.2, 0.25) is 11.8 Å². The molecule has 1 aliphatic heterocycles. The third-order valence-corrected chi connectivity index (χ3v) is 6.65. The minimum atomic E-state index is -0.307. The lowest BCUT2D eigenvalue weighted by Crippen LogP contribution is -2.56. The van der Waals surface area contributed by atoms with Crippen molar-refractivity contribution in [2.75, 3.05) is 48.9 Å².